The van der Waals surface area contributed by atoms with Crippen LogP contribution in [-0.4, -0.2) is 5.71 Å². The summed E-state index contributed by atoms with van der Waals surface area (Å²) in [5.74, 6) is 0.861. The molecule has 0 aromatic rings. The molecule has 0 aliphatic rings. The van der Waals surface area contributed by atoms with Crippen LogP contribution in [0.3, 0.4) is 0 Å². The van der Waals surface area contributed by atoms with E-state index in [9.17, 15) is 0 Å². The second-order valence-electron chi connectivity index (χ2n) is 3.38. The van der Waals surface area contributed by atoms with Crippen LogP contribution in [0.25, 0.3) is 0 Å². The van der Waals surface area contributed by atoms with Crippen molar-refractivity contribution in [3.05, 3.63) is 0 Å². The fourth-order valence-electron chi connectivity index (χ4n) is 1.38. The molecule has 1 N–H and O–H groups in total. The molecule has 0 spiro atoms. The quantitative estimate of drug-likeness (QED) is 0.566. The fraction of sp³-hybridized carbons (Fsp3) is 0.900. The second-order valence-corrected chi connectivity index (χ2v) is 3.38. The van der Waals surface area contributed by atoms with E-state index in [1.165, 1.54) is 25.7 Å². The van der Waals surface area contributed by atoms with Gasteiger partial charge in [0.05, 0.1) is 0 Å². The fourth-order valence-corrected chi connectivity index (χ4v) is 1.38. The zero-order valence-corrected chi connectivity index (χ0v) is 8.11. The Morgan fingerprint density at radius 3 is 2.27 bits per heavy atom. The Balaban J connectivity index is 3.43. The van der Waals surface area contributed by atoms with Crippen LogP contribution in [-0.2, 0) is 0 Å². The lowest BCUT2D eigenvalue weighted by molar-refractivity contribution is 0.439. The van der Waals surface area contributed by atoms with Crippen molar-refractivity contribution in [3.8, 4) is 0 Å². The Labute approximate surface area is 70.7 Å². The van der Waals surface area contributed by atoms with E-state index in [1.807, 2.05) is 6.92 Å². The molecule has 0 saturated heterocycles. The summed E-state index contributed by atoms with van der Waals surface area (Å²) in [7, 11) is 0. The molecule has 1 nitrogen and oxygen atoms in total. The van der Waals surface area contributed by atoms with Crippen LogP contribution < -0.4 is 0 Å². The summed E-state index contributed by atoms with van der Waals surface area (Å²) in [6.45, 7) is 6.39. The molecule has 0 aromatic carbocycles. The molecule has 66 valence electrons. The van der Waals surface area contributed by atoms with Gasteiger partial charge in [-0.25, -0.2) is 0 Å². The zero-order chi connectivity index (χ0) is 8.69. The molecule has 0 aliphatic carbocycles. The van der Waals surface area contributed by atoms with Crippen LogP contribution >= 0.6 is 0 Å². The molecular weight excluding hydrogens is 134 g/mol. The highest BCUT2D eigenvalue weighted by molar-refractivity contribution is 5.78. The van der Waals surface area contributed by atoms with Gasteiger partial charge in [0, 0.05) is 5.71 Å². The average Bonchev–Trinajstić information content (AvgIpc) is 1.97. The molecule has 0 heterocycles. The lowest BCUT2D eigenvalue weighted by Crippen LogP contribution is -2.01. The van der Waals surface area contributed by atoms with E-state index >= 15 is 0 Å². The predicted octanol–water partition coefficient (Wildman–Crippen LogP) is 3.63. The summed E-state index contributed by atoms with van der Waals surface area (Å²) >= 11 is 0. The van der Waals surface area contributed by atoms with Crippen LogP contribution in [0.2, 0.25) is 0 Å². The second kappa shape index (κ2) is 6.38. The SMILES string of the molecule is CCCC(CC)CCC(C)=N. The first kappa shape index (κ1) is 10.7. The molecule has 0 radical (unpaired) electrons. The first-order chi connectivity index (χ1) is 5.20. The topological polar surface area (TPSA) is 23.9 Å². The Bertz CT molecular complexity index is 107. The van der Waals surface area contributed by atoms with Gasteiger partial charge in [-0.15, -0.1) is 0 Å². The van der Waals surface area contributed by atoms with Crippen LogP contribution in [0.15, 0.2) is 0 Å². The molecule has 0 fully saturated rings. The number of hydrogen-bond acceptors (Lipinski definition) is 1. The number of nitrogens with one attached hydrogen (secondary N) is 1. The van der Waals surface area contributed by atoms with Gasteiger partial charge >= 0.3 is 0 Å². The Morgan fingerprint density at radius 1 is 1.27 bits per heavy atom. The highest BCUT2D eigenvalue weighted by Crippen LogP contribution is 2.16. The minimum absolute atomic E-state index is 0.833. The first-order valence-electron chi connectivity index (χ1n) is 4.74. The van der Waals surface area contributed by atoms with E-state index in [0.29, 0.717) is 0 Å². The standard InChI is InChI=1S/C10H21N/c1-4-6-10(5-2)8-7-9(3)11/h10-11H,4-8H2,1-3H3. The summed E-state index contributed by atoms with van der Waals surface area (Å²) in [6, 6.07) is 0. The summed E-state index contributed by atoms with van der Waals surface area (Å²) in [5, 5.41) is 7.29. The molecular formula is C10H21N. The largest absolute Gasteiger partial charge is 0.310 e. The van der Waals surface area contributed by atoms with Crippen molar-refractivity contribution < 1.29 is 0 Å². The van der Waals surface area contributed by atoms with Gasteiger partial charge in [0.2, 0.25) is 0 Å². The average molecular weight is 155 g/mol. The molecule has 0 aliphatic heterocycles. The van der Waals surface area contributed by atoms with Gasteiger partial charge < -0.3 is 5.41 Å². The van der Waals surface area contributed by atoms with E-state index in [2.05, 4.69) is 13.8 Å². The van der Waals surface area contributed by atoms with Crippen molar-refractivity contribution in [1.82, 2.24) is 0 Å². The van der Waals surface area contributed by atoms with Crippen molar-refractivity contribution >= 4 is 5.71 Å². The maximum atomic E-state index is 7.29. The maximum absolute atomic E-state index is 7.29. The smallest absolute Gasteiger partial charge is 0.00583 e. The van der Waals surface area contributed by atoms with Gasteiger partial charge in [-0.2, -0.15) is 0 Å². The first-order valence-corrected chi connectivity index (χ1v) is 4.74. The molecule has 11 heavy (non-hydrogen) atoms. The molecule has 0 bridgehead atoms. The highest BCUT2D eigenvalue weighted by Gasteiger charge is 2.04. The minimum Gasteiger partial charge on any atom is -0.310 e. The summed E-state index contributed by atoms with van der Waals surface area (Å²) in [6.07, 6.45) is 6.12. The Morgan fingerprint density at radius 2 is 1.91 bits per heavy atom. The van der Waals surface area contributed by atoms with Crippen molar-refractivity contribution in [3.63, 3.8) is 0 Å². The molecule has 1 heteroatoms. The van der Waals surface area contributed by atoms with Crippen LogP contribution in [0.1, 0.15) is 52.9 Å². The third kappa shape index (κ3) is 6.08. The van der Waals surface area contributed by atoms with Crippen molar-refractivity contribution in [2.24, 2.45) is 5.92 Å². The summed E-state index contributed by atoms with van der Waals surface area (Å²) < 4.78 is 0. The summed E-state index contributed by atoms with van der Waals surface area (Å²) in [4.78, 5) is 0. The van der Waals surface area contributed by atoms with E-state index in [0.717, 1.165) is 18.1 Å². The van der Waals surface area contributed by atoms with E-state index in [4.69, 9.17) is 5.41 Å². The Kier molecular flexibility index (Phi) is 6.19. The molecule has 1 unspecified atom stereocenters. The Hall–Kier alpha value is -0.330. The minimum atomic E-state index is 0.833. The predicted molar refractivity (Wildman–Crippen MR) is 51.3 cm³/mol. The van der Waals surface area contributed by atoms with Crippen molar-refractivity contribution in [2.75, 3.05) is 0 Å². The molecule has 0 amide bonds. The molecule has 0 rings (SSSR count). The number of rotatable bonds is 6. The van der Waals surface area contributed by atoms with E-state index < -0.39 is 0 Å². The third-order valence-electron chi connectivity index (χ3n) is 2.20. The van der Waals surface area contributed by atoms with Gasteiger partial charge in [0.1, 0.15) is 0 Å². The van der Waals surface area contributed by atoms with Gasteiger partial charge in [-0.05, 0) is 25.7 Å². The van der Waals surface area contributed by atoms with Gasteiger partial charge in [-0.1, -0.05) is 33.1 Å². The normalized spacial score (nSPS) is 13.0. The lowest BCUT2D eigenvalue weighted by atomic mass is 9.94. The van der Waals surface area contributed by atoms with Gasteiger partial charge in [0.25, 0.3) is 0 Å². The van der Waals surface area contributed by atoms with Gasteiger partial charge in [0.15, 0.2) is 0 Å². The molecule has 0 saturated carbocycles. The van der Waals surface area contributed by atoms with Crippen molar-refractivity contribution in [1.29, 1.82) is 5.41 Å². The van der Waals surface area contributed by atoms with Crippen molar-refractivity contribution in [2.45, 2.75) is 52.9 Å². The number of hydrogen-bond donors (Lipinski definition) is 1. The van der Waals surface area contributed by atoms with E-state index in [-0.39, 0.29) is 0 Å². The van der Waals surface area contributed by atoms with E-state index in [1.54, 1.807) is 0 Å². The van der Waals surface area contributed by atoms with Crippen LogP contribution in [0, 0.1) is 11.3 Å². The monoisotopic (exact) mass is 155 g/mol. The highest BCUT2D eigenvalue weighted by atomic mass is 14.4. The third-order valence-corrected chi connectivity index (χ3v) is 2.20. The van der Waals surface area contributed by atoms with Gasteiger partial charge in [-0.3, -0.25) is 0 Å². The van der Waals surface area contributed by atoms with Crippen LogP contribution in [0.5, 0.6) is 0 Å². The summed E-state index contributed by atoms with van der Waals surface area (Å²) in [5.41, 5.74) is 0.833. The molecule has 0 aromatic heterocycles. The maximum Gasteiger partial charge on any atom is 0.00583 e. The lowest BCUT2D eigenvalue weighted by Gasteiger charge is -2.12. The van der Waals surface area contributed by atoms with Crippen LogP contribution in [0.4, 0.5) is 0 Å². The zero-order valence-electron chi connectivity index (χ0n) is 8.11. The molecule has 1 atom stereocenters.